The van der Waals surface area contributed by atoms with Crippen LogP contribution in [0.15, 0.2) is 40.9 Å². The molecule has 1 aromatic carbocycles. The van der Waals surface area contributed by atoms with E-state index in [4.69, 9.17) is 15.2 Å². The summed E-state index contributed by atoms with van der Waals surface area (Å²) >= 11 is 0. The van der Waals surface area contributed by atoms with Crippen LogP contribution in [0.25, 0.3) is 0 Å². The van der Waals surface area contributed by atoms with Crippen LogP contribution in [-0.4, -0.2) is 73.8 Å². The number of nitrogens with two attached hydrogens (primary N) is 1. The monoisotopic (exact) mass is 558 g/mol. The molecule has 0 radical (unpaired) electrons. The Bertz CT molecular complexity index is 1400. The van der Waals surface area contributed by atoms with Crippen LogP contribution in [0.2, 0.25) is 0 Å². The van der Waals surface area contributed by atoms with Crippen LogP contribution in [-0.2, 0) is 23.9 Å². The number of phenolic OH excluding ortho intramolecular Hbond substituents is 1. The second-order valence-electron chi connectivity index (χ2n) is 11.0. The van der Waals surface area contributed by atoms with Gasteiger partial charge in [0.1, 0.15) is 41.1 Å². The van der Waals surface area contributed by atoms with E-state index in [2.05, 4.69) is 5.32 Å². The van der Waals surface area contributed by atoms with E-state index < -0.39 is 106 Å². The van der Waals surface area contributed by atoms with E-state index in [1.165, 1.54) is 12.1 Å². The highest BCUT2D eigenvalue weighted by molar-refractivity contribution is 6.24. The molecule has 0 unspecified atom stereocenters. The topological polar surface area (TPSA) is 223 Å². The number of rotatable bonds is 4. The number of alkyl carbamates (subject to hydrolysis) is 1. The fraction of sp³-hybridized carbons (Fsp3) is 0.444. The zero-order valence-corrected chi connectivity index (χ0v) is 22.2. The highest BCUT2D eigenvalue weighted by Crippen LogP contribution is 2.55. The summed E-state index contributed by atoms with van der Waals surface area (Å²) in [5, 5.41) is 46.1. The quantitative estimate of drug-likeness (QED) is 0.227. The van der Waals surface area contributed by atoms with Gasteiger partial charge in [-0.1, -0.05) is 19.1 Å². The smallest absolute Gasteiger partial charge is 0.408 e. The van der Waals surface area contributed by atoms with E-state index in [9.17, 15) is 44.4 Å². The third kappa shape index (κ3) is 4.45. The first-order valence-corrected chi connectivity index (χ1v) is 12.5. The van der Waals surface area contributed by atoms with Gasteiger partial charge in [0.05, 0.1) is 5.56 Å². The number of Topliss-reactive ketones (excluding diaryl/α,β-unsaturated/α-hetero) is 2. The number of aliphatic hydroxyl groups excluding tert-OH is 2. The largest absolute Gasteiger partial charge is 0.511 e. The minimum atomic E-state index is -2.98. The zero-order chi connectivity index (χ0) is 29.9. The molecule has 0 spiro atoms. The molecular weight excluding hydrogens is 528 g/mol. The van der Waals surface area contributed by atoms with Crippen LogP contribution in [0.3, 0.4) is 0 Å². The summed E-state index contributed by atoms with van der Waals surface area (Å²) in [5.74, 6) is -10.6. The Labute approximate surface area is 228 Å². The van der Waals surface area contributed by atoms with Gasteiger partial charge in [-0.25, -0.2) is 4.79 Å². The zero-order valence-electron chi connectivity index (χ0n) is 22.2. The number of carbonyl (C=O) groups excluding carboxylic acids is 5. The number of ether oxygens (including phenoxy) is 2. The summed E-state index contributed by atoms with van der Waals surface area (Å²) in [6.07, 6.45) is -3.08. The molecule has 5 atom stereocenters. The lowest BCUT2D eigenvalue weighted by atomic mass is 9.56. The average molecular weight is 559 g/mol. The van der Waals surface area contributed by atoms with Crippen molar-refractivity contribution in [3.8, 4) is 5.75 Å². The SMILES string of the molecule is C[C@H]1c2cccc(O)c2C(=O)C2=C(O)[C@]3(O)C(=O)C(C(N)=O)=C(O)C[C@@H]3[C@@H](OC(=O)CNC(=O)OC(C)(C)C)[C@@H]21. The summed E-state index contributed by atoms with van der Waals surface area (Å²) in [7, 11) is 0. The van der Waals surface area contributed by atoms with E-state index in [-0.39, 0.29) is 5.56 Å². The minimum Gasteiger partial charge on any atom is -0.511 e. The Kier molecular flexibility index (Phi) is 6.91. The Morgan fingerprint density at radius 2 is 1.80 bits per heavy atom. The molecule has 7 N–H and O–H groups in total. The summed E-state index contributed by atoms with van der Waals surface area (Å²) in [6, 6.07) is 4.30. The molecule has 40 heavy (non-hydrogen) atoms. The van der Waals surface area contributed by atoms with Crippen molar-refractivity contribution >= 4 is 29.5 Å². The molecule has 1 aromatic rings. The van der Waals surface area contributed by atoms with Crippen molar-refractivity contribution < 1.29 is 53.9 Å². The number of aliphatic hydroxyl groups is 3. The normalized spacial score (nSPS) is 27.8. The van der Waals surface area contributed by atoms with Gasteiger partial charge in [-0.05, 0) is 38.3 Å². The van der Waals surface area contributed by atoms with Crippen molar-refractivity contribution in [2.24, 2.45) is 17.6 Å². The Morgan fingerprint density at radius 1 is 1.15 bits per heavy atom. The lowest BCUT2D eigenvalue weighted by molar-refractivity contribution is -0.173. The maximum absolute atomic E-state index is 13.6. The van der Waals surface area contributed by atoms with Crippen molar-refractivity contribution in [1.29, 1.82) is 0 Å². The van der Waals surface area contributed by atoms with Gasteiger partial charge >= 0.3 is 12.1 Å². The fourth-order valence-corrected chi connectivity index (χ4v) is 5.73. The molecule has 0 aromatic heterocycles. The highest BCUT2D eigenvalue weighted by atomic mass is 16.6. The second-order valence-corrected chi connectivity index (χ2v) is 11.0. The minimum absolute atomic E-state index is 0.178. The summed E-state index contributed by atoms with van der Waals surface area (Å²) in [6.45, 7) is 5.78. The molecule has 214 valence electrons. The van der Waals surface area contributed by atoms with Gasteiger partial charge in [0, 0.05) is 23.8 Å². The van der Waals surface area contributed by atoms with E-state index in [0.29, 0.717) is 5.56 Å². The average Bonchev–Trinajstić information content (AvgIpc) is 2.83. The predicted molar refractivity (Wildman–Crippen MR) is 135 cm³/mol. The third-order valence-corrected chi connectivity index (χ3v) is 7.38. The van der Waals surface area contributed by atoms with Gasteiger partial charge in [0.25, 0.3) is 5.91 Å². The van der Waals surface area contributed by atoms with E-state index in [0.717, 1.165) is 0 Å². The maximum Gasteiger partial charge on any atom is 0.408 e. The first-order chi connectivity index (χ1) is 18.5. The van der Waals surface area contributed by atoms with Gasteiger partial charge in [-0.3, -0.25) is 19.2 Å². The number of esters is 1. The van der Waals surface area contributed by atoms with Gasteiger partial charge in [-0.15, -0.1) is 0 Å². The molecule has 2 amide bonds. The molecule has 4 rings (SSSR count). The van der Waals surface area contributed by atoms with Gasteiger partial charge < -0.3 is 41.0 Å². The van der Waals surface area contributed by atoms with E-state index in [1.54, 1.807) is 33.8 Å². The lowest BCUT2D eigenvalue weighted by Gasteiger charge is -2.51. The second kappa shape index (κ2) is 9.66. The first kappa shape index (κ1) is 28.6. The van der Waals surface area contributed by atoms with Crippen LogP contribution in [0.5, 0.6) is 5.75 Å². The Morgan fingerprint density at radius 3 is 2.40 bits per heavy atom. The molecule has 0 heterocycles. The number of hydrogen-bond acceptors (Lipinski definition) is 11. The van der Waals surface area contributed by atoms with Crippen LogP contribution in [0.4, 0.5) is 4.79 Å². The van der Waals surface area contributed by atoms with Gasteiger partial charge in [0.2, 0.25) is 5.78 Å². The number of aromatic hydroxyl groups is 1. The van der Waals surface area contributed by atoms with Crippen molar-refractivity contribution in [1.82, 2.24) is 5.32 Å². The summed E-state index contributed by atoms with van der Waals surface area (Å²) in [5.41, 5.74) is 0.103. The van der Waals surface area contributed by atoms with Crippen LogP contribution < -0.4 is 11.1 Å². The molecule has 0 aliphatic heterocycles. The number of nitrogens with one attached hydrogen (secondary N) is 1. The molecular formula is C27H30N2O11. The fourth-order valence-electron chi connectivity index (χ4n) is 5.73. The van der Waals surface area contributed by atoms with Crippen LogP contribution >= 0.6 is 0 Å². The number of ketones is 2. The molecule has 0 bridgehead atoms. The number of phenols is 1. The lowest BCUT2D eigenvalue weighted by Crippen LogP contribution is -2.63. The molecule has 0 saturated carbocycles. The van der Waals surface area contributed by atoms with Gasteiger partial charge in [-0.2, -0.15) is 0 Å². The Balaban J connectivity index is 1.82. The van der Waals surface area contributed by atoms with Crippen molar-refractivity contribution in [3.05, 3.63) is 52.0 Å². The summed E-state index contributed by atoms with van der Waals surface area (Å²) < 4.78 is 10.7. The predicted octanol–water partition coefficient (Wildman–Crippen LogP) is 1.19. The standard InChI is InChI=1S/C27H30N2O11/c1-10-11-6-5-7-13(30)17(11)20(33)19-16(10)21(39-15(32)9-29-25(37)40-26(2,3)4)12-8-14(31)18(24(28)36)22(34)27(12,38)23(19)35/h5-7,10,12,16,21,30-31,35,38H,8-9H2,1-4H3,(H2,28,36)(H,29,37)/t10-,12+,16+,21+,27+/m0/s1. The van der Waals surface area contributed by atoms with Crippen LogP contribution in [0.1, 0.15) is 56.0 Å². The van der Waals surface area contributed by atoms with Gasteiger partial charge in [0.15, 0.2) is 11.4 Å². The third-order valence-electron chi connectivity index (χ3n) is 7.38. The first-order valence-electron chi connectivity index (χ1n) is 12.5. The van der Waals surface area contributed by atoms with E-state index >= 15 is 0 Å². The van der Waals surface area contributed by atoms with Crippen molar-refractivity contribution in [3.63, 3.8) is 0 Å². The molecule has 0 fully saturated rings. The number of allylic oxidation sites excluding steroid dienone is 1. The van der Waals surface area contributed by atoms with Crippen molar-refractivity contribution in [2.45, 2.75) is 57.3 Å². The Hall–Kier alpha value is -4.39. The summed E-state index contributed by atoms with van der Waals surface area (Å²) in [4.78, 5) is 63.9. The van der Waals surface area contributed by atoms with Crippen molar-refractivity contribution in [2.75, 3.05) is 6.54 Å². The number of hydrogen-bond donors (Lipinski definition) is 6. The van der Waals surface area contributed by atoms with E-state index in [1.807, 2.05) is 0 Å². The molecule has 3 aliphatic rings. The number of amides is 2. The molecule has 0 saturated heterocycles. The maximum atomic E-state index is 13.6. The number of carbonyl (C=O) groups is 5. The molecule has 13 nitrogen and oxygen atoms in total. The number of fused-ring (bicyclic) bond motifs is 3. The molecule has 13 heteroatoms. The molecule has 3 aliphatic carbocycles. The highest BCUT2D eigenvalue weighted by Gasteiger charge is 2.65. The number of primary amides is 1. The number of benzene rings is 1. The van der Waals surface area contributed by atoms with Crippen LogP contribution in [0, 0.1) is 11.8 Å².